The smallest absolute Gasteiger partial charge is 0.126 e. The number of nitrogens with zero attached hydrogens (tertiary/aromatic N) is 3. The molecule has 21 heavy (non-hydrogen) atoms. The Hall–Kier alpha value is -1.46. The van der Waals surface area contributed by atoms with Gasteiger partial charge in [-0.3, -0.25) is 4.90 Å². The van der Waals surface area contributed by atoms with Gasteiger partial charge in [-0.15, -0.1) is 11.3 Å². The molecule has 0 amide bonds. The molecule has 0 aromatic carbocycles. The molecule has 0 spiro atoms. The number of rotatable bonds is 5. The third-order valence-corrected chi connectivity index (χ3v) is 4.80. The molecule has 1 atom stereocenters. The van der Waals surface area contributed by atoms with Crippen LogP contribution in [0, 0.1) is 19.8 Å². The van der Waals surface area contributed by atoms with Gasteiger partial charge in [-0.05, 0) is 50.4 Å². The van der Waals surface area contributed by atoms with Crippen LogP contribution in [0.2, 0.25) is 0 Å². The molecule has 2 aromatic heterocycles. The predicted molar refractivity (Wildman–Crippen MR) is 87.7 cm³/mol. The maximum Gasteiger partial charge on any atom is 0.126 e. The van der Waals surface area contributed by atoms with E-state index in [1.807, 2.05) is 29.8 Å². The van der Waals surface area contributed by atoms with Crippen LogP contribution in [0.15, 0.2) is 24.5 Å². The van der Waals surface area contributed by atoms with Crippen LogP contribution in [0.1, 0.15) is 21.9 Å². The molecule has 5 heteroatoms. The van der Waals surface area contributed by atoms with Crippen molar-refractivity contribution in [1.82, 2.24) is 14.9 Å². The Labute approximate surface area is 130 Å². The van der Waals surface area contributed by atoms with Crippen LogP contribution in [0.25, 0.3) is 0 Å². The molecular weight excluding hydrogens is 280 g/mol. The zero-order valence-electron chi connectivity index (χ0n) is 12.7. The summed E-state index contributed by atoms with van der Waals surface area (Å²) in [5.74, 6) is 1.70. The molecular formula is C16H22N4S. The molecule has 0 saturated carbocycles. The summed E-state index contributed by atoms with van der Waals surface area (Å²) in [4.78, 5) is 12.6. The highest BCUT2D eigenvalue weighted by molar-refractivity contribution is 7.11. The van der Waals surface area contributed by atoms with E-state index in [0.29, 0.717) is 5.92 Å². The maximum atomic E-state index is 4.36. The van der Waals surface area contributed by atoms with Crippen LogP contribution in [0.5, 0.6) is 0 Å². The van der Waals surface area contributed by atoms with Crippen LogP contribution in [-0.4, -0.2) is 34.5 Å². The number of likely N-dealkylation sites (tertiary alicyclic amines) is 1. The average Bonchev–Trinajstić information content (AvgIpc) is 3.06. The molecule has 1 saturated heterocycles. The molecule has 3 heterocycles. The number of aromatic nitrogens is 2. The van der Waals surface area contributed by atoms with E-state index >= 15 is 0 Å². The van der Waals surface area contributed by atoms with E-state index in [1.54, 1.807) is 0 Å². The van der Waals surface area contributed by atoms with Crippen LogP contribution >= 0.6 is 11.3 Å². The molecule has 0 bridgehead atoms. The maximum absolute atomic E-state index is 4.36. The second-order valence-corrected chi connectivity index (χ2v) is 7.15. The normalized spacial score (nSPS) is 19.0. The van der Waals surface area contributed by atoms with E-state index < -0.39 is 0 Å². The highest BCUT2D eigenvalue weighted by atomic mass is 32.1. The first kappa shape index (κ1) is 14.5. The summed E-state index contributed by atoms with van der Waals surface area (Å²) in [5.41, 5.74) is 1.25. The summed E-state index contributed by atoms with van der Waals surface area (Å²) in [7, 11) is 0. The second kappa shape index (κ2) is 6.54. The summed E-state index contributed by atoms with van der Waals surface area (Å²) >= 11 is 1.81. The minimum absolute atomic E-state index is 0.710. The van der Waals surface area contributed by atoms with Crippen molar-refractivity contribution in [3.63, 3.8) is 0 Å². The van der Waals surface area contributed by atoms with Gasteiger partial charge in [0.1, 0.15) is 5.82 Å². The van der Waals surface area contributed by atoms with E-state index in [4.69, 9.17) is 0 Å². The fraction of sp³-hybridized carbons (Fsp3) is 0.500. The van der Waals surface area contributed by atoms with Gasteiger partial charge in [0.25, 0.3) is 0 Å². The first-order valence-electron chi connectivity index (χ1n) is 7.49. The molecule has 3 rings (SSSR count). The van der Waals surface area contributed by atoms with Crippen molar-refractivity contribution in [1.29, 1.82) is 0 Å². The van der Waals surface area contributed by atoms with Gasteiger partial charge in [-0.25, -0.2) is 9.97 Å². The minimum Gasteiger partial charge on any atom is -0.370 e. The standard InChI is InChI=1S/C16H22N4S/c1-12-3-5-17-16(7-12)19-8-14-4-6-20(10-14)11-15-9-18-13(2)21-15/h3,5,7,9,14H,4,6,8,10-11H2,1-2H3,(H,17,19). The monoisotopic (exact) mass is 302 g/mol. The Balaban J connectivity index is 1.46. The van der Waals surface area contributed by atoms with E-state index in [-0.39, 0.29) is 0 Å². The van der Waals surface area contributed by atoms with Crippen molar-refractivity contribution >= 4 is 17.2 Å². The van der Waals surface area contributed by atoms with Gasteiger partial charge in [0.2, 0.25) is 0 Å². The summed E-state index contributed by atoms with van der Waals surface area (Å²) in [6, 6.07) is 4.13. The largest absolute Gasteiger partial charge is 0.370 e. The molecule has 1 fully saturated rings. The lowest BCUT2D eigenvalue weighted by molar-refractivity contribution is 0.321. The van der Waals surface area contributed by atoms with Crippen LogP contribution in [-0.2, 0) is 6.54 Å². The van der Waals surface area contributed by atoms with Crippen molar-refractivity contribution in [3.05, 3.63) is 40.0 Å². The number of pyridine rings is 1. The van der Waals surface area contributed by atoms with Gasteiger partial charge in [0, 0.05) is 36.9 Å². The zero-order chi connectivity index (χ0) is 14.7. The molecule has 0 radical (unpaired) electrons. The topological polar surface area (TPSA) is 41.1 Å². The Kier molecular flexibility index (Phi) is 4.51. The number of thiazole rings is 1. The number of hydrogen-bond donors (Lipinski definition) is 1. The molecule has 1 aliphatic rings. The average molecular weight is 302 g/mol. The Bertz CT molecular complexity index is 595. The van der Waals surface area contributed by atoms with Crippen LogP contribution < -0.4 is 5.32 Å². The third kappa shape index (κ3) is 4.02. The fourth-order valence-corrected chi connectivity index (χ4v) is 3.64. The van der Waals surface area contributed by atoms with Crippen molar-refractivity contribution in [2.75, 3.05) is 25.0 Å². The number of aryl methyl sites for hydroxylation is 2. The number of anilines is 1. The lowest BCUT2D eigenvalue weighted by Gasteiger charge is -2.15. The molecule has 1 N–H and O–H groups in total. The van der Waals surface area contributed by atoms with Crippen LogP contribution in [0.3, 0.4) is 0 Å². The zero-order valence-corrected chi connectivity index (χ0v) is 13.5. The number of nitrogens with one attached hydrogen (secondary N) is 1. The van der Waals surface area contributed by atoms with Gasteiger partial charge in [-0.2, -0.15) is 0 Å². The highest BCUT2D eigenvalue weighted by Crippen LogP contribution is 2.21. The fourth-order valence-electron chi connectivity index (χ4n) is 2.80. The molecule has 4 nitrogen and oxygen atoms in total. The molecule has 112 valence electrons. The molecule has 1 aliphatic heterocycles. The lowest BCUT2D eigenvalue weighted by atomic mass is 10.1. The summed E-state index contributed by atoms with van der Waals surface area (Å²) in [5, 5.41) is 4.63. The molecule has 0 aliphatic carbocycles. The molecule has 1 unspecified atom stereocenters. The van der Waals surface area contributed by atoms with Gasteiger partial charge in [0.15, 0.2) is 0 Å². The van der Waals surface area contributed by atoms with E-state index in [0.717, 1.165) is 30.5 Å². The minimum atomic E-state index is 0.710. The SMILES string of the molecule is Cc1ccnc(NCC2CCN(Cc3cnc(C)s3)C2)c1. The quantitative estimate of drug-likeness (QED) is 0.921. The van der Waals surface area contributed by atoms with Gasteiger partial charge in [-0.1, -0.05) is 0 Å². The third-order valence-electron chi connectivity index (χ3n) is 3.91. The summed E-state index contributed by atoms with van der Waals surface area (Å²) < 4.78 is 0. The first-order chi connectivity index (χ1) is 10.2. The van der Waals surface area contributed by atoms with E-state index in [2.05, 4.69) is 40.1 Å². The predicted octanol–water partition coefficient (Wildman–Crippen LogP) is 3.09. The second-order valence-electron chi connectivity index (χ2n) is 5.83. The van der Waals surface area contributed by atoms with Crippen molar-refractivity contribution < 1.29 is 0 Å². The summed E-state index contributed by atoms with van der Waals surface area (Å²) in [6.07, 6.45) is 5.14. The summed E-state index contributed by atoms with van der Waals surface area (Å²) in [6.45, 7) is 8.57. The lowest BCUT2D eigenvalue weighted by Crippen LogP contribution is -2.22. The van der Waals surface area contributed by atoms with Gasteiger partial charge < -0.3 is 5.32 Å². The van der Waals surface area contributed by atoms with E-state index in [1.165, 1.54) is 23.4 Å². The van der Waals surface area contributed by atoms with Crippen LogP contribution in [0.4, 0.5) is 5.82 Å². The highest BCUT2D eigenvalue weighted by Gasteiger charge is 2.22. The van der Waals surface area contributed by atoms with E-state index in [9.17, 15) is 0 Å². The van der Waals surface area contributed by atoms with Gasteiger partial charge in [0.05, 0.1) is 5.01 Å². The molecule has 2 aromatic rings. The Morgan fingerprint density at radius 2 is 2.29 bits per heavy atom. The Morgan fingerprint density at radius 3 is 3.05 bits per heavy atom. The first-order valence-corrected chi connectivity index (χ1v) is 8.31. The van der Waals surface area contributed by atoms with Crippen molar-refractivity contribution in [3.8, 4) is 0 Å². The van der Waals surface area contributed by atoms with Crippen molar-refractivity contribution in [2.45, 2.75) is 26.8 Å². The number of hydrogen-bond acceptors (Lipinski definition) is 5. The Morgan fingerprint density at radius 1 is 1.38 bits per heavy atom. The van der Waals surface area contributed by atoms with Crippen molar-refractivity contribution in [2.24, 2.45) is 5.92 Å². The van der Waals surface area contributed by atoms with Gasteiger partial charge >= 0.3 is 0 Å².